The maximum Gasteiger partial charge on any atom is 0.162 e. The van der Waals surface area contributed by atoms with Crippen molar-refractivity contribution in [3.8, 4) is 28.4 Å². The highest BCUT2D eigenvalue weighted by Crippen LogP contribution is 2.35. The molecule has 1 unspecified atom stereocenters. The van der Waals surface area contributed by atoms with Crippen LogP contribution in [0.5, 0.6) is 11.5 Å². The van der Waals surface area contributed by atoms with Crippen LogP contribution in [0.3, 0.4) is 0 Å². The summed E-state index contributed by atoms with van der Waals surface area (Å²) in [4.78, 5) is 4.75. The van der Waals surface area contributed by atoms with Crippen molar-refractivity contribution in [2.75, 3.05) is 13.2 Å². The molecular formula is C28H27N3O2. The zero-order chi connectivity index (χ0) is 22.6. The molecule has 33 heavy (non-hydrogen) atoms. The van der Waals surface area contributed by atoms with E-state index in [1.807, 2.05) is 65.6 Å². The van der Waals surface area contributed by atoms with Gasteiger partial charge in [-0.2, -0.15) is 5.10 Å². The van der Waals surface area contributed by atoms with E-state index >= 15 is 0 Å². The number of aromatic nitrogens is 2. The minimum absolute atomic E-state index is 0.550. The standard InChI is InChI=1S/C28H27N3O2/c1-3-20(2)21-9-12-24(13-10-21)29-18-23-19-31(25-7-5-4-6-8-25)30-28(23)22-11-14-26-27(17-22)33-16-15-32-26/h4-14,17-20H,3,15-16H2,1-2H3. The van der Waals surface area contributed by atoms with Gasteiger partial charge in [-0.1, -0.05) is 44.2 Å². The molecule has 0 bridgehead atoms. The second-order valence-electron chi connectivity index (χ2n) is 8.23. The maximum absolute atomic E-state index is 5.79. The van der Waals surface area contributed by atoms with Crippen LogP contribution in [0.2, 0.25) is 0 Å². The highest BCUT2D eigenvalue weighted by molar-refractivity contribution is 5.90. The summed E-state index contributed by atoms with van der Waals surface area (Å²) in [5.74, 6) is 2.06. The summed E-state index contributed by atoms with van der Waals surface area (Å²) in [6.07, 6.45) is 5.02. The van der Waals surface area contributed by atoms with Crippen molar-refractivity contribution < 1.29 is 9.47 Å². The van der Waals surface area contributed by atoms with Gasteiger partial charge in [-0.25, -0.2) is 4.68 Å². The Morgan fingerprint density at radius 1 is 0.970 bits per heavy atom. The van der Waals surface area contributed by atoms with Crippen LogP contribution < -0.4 is 9.47 Å². The van der Waals surface area contributed by atoms with Gasteiger partial charge in [-0.3, -0.25) is 4.99 Å². The summed E-state index contributed by atoms with van der Waals surface area (Å²) in [7, 11) is 0. The summed E-state index contributed by atoms with van der Waals surface area (Å²) in [6.45, 7) is 5.58. The van der Waals surface area contributed by atoms with E-state index < -0.39 is 0 Å². The third kappa shape index (κ3) is 4.53. The molecule has 0 N–H and O–H groups in total. The van der Waals surface area contributed by atoms with Gasteiger partial charge in [0.15, 0.2) is 11.5 Å². The zero-order valence-corrected chi connectivity index (χ0v) is 18.9. The average molecular weight is 438 g/mol. The lowest BCUT2D eigenvalue weighted by molar-refractivity contribution is 0.171. The van der Waals surface area contributed by atoms with Gasteiger partial charge < -0.3 is 9.47 Å². The molecule has 1 atom stereocenters. The van der Waals surface area contributed by atoms with Gasteiger partial charge in [0.1, 0.15) is 18.9 Å². The quantitative estimate of drug-likeness (QED) is 0.320. The van der Waals surface area contributed by atoms with Crippen molar-refractivity contribution in [2.45, 2.75) is 26.2 Å². The smallest absolute Gasteiger partial charge is 0.162 e. The minimum atomic E-state index is 0.550. The molecule has 5 heteroatoms. The Hall–Kier alpha value is -3.86. The lowest BCUT2D eigenvalue weighted by Gasteiger charge is -2.18. The number of fused-ring (bicyclic) bond motifs is 1. The summed E-state index contributed by atoms with van der Waals surface area (Å²) in [6, 6.07) is 24.5. The summed E-state index contributed by atoms with van der Waals surface area (Å²) in [5.41, 5.74) is 5.99. The lowest BCUT2D eigenvalue weighted by atomic mass is 9.99. The number of hydrogen-bond donors (Lipinski definition) is 0. The molecule has 5 nitrogen and oxygen atoms in total. The Morgan fingerprint density at radius 2 is 1.73 bits per heavy atom. The van der Waals surface area contributed by atoms with Gasteiger partial charge in [0.25, 0.3) is 0 Å². The van der Waals surface area contributed by atoms with Gasteiger partial charge >= 0.3 is 0 Å². The predicted molar refractivity (Wildman–Crippen MR) is 132 cm³/mol. The third-order valence-electron chi connectivity index (χ3n) is 6.01. The fourth-order valence-corrected chi connectivity index (χ4v) is 3.88. The number of ether oxygens (including phenoxy) is 2. The largest absolute Gasteiger partial charge is 0.486 e. The van der Waals surface area contributed by atoms with Gasteiger partial charge in [0, 0.05) is 23.5 Å². The first-order chi connectivity index (χ1) is 16.2. The SMILES string of the molecule is CCC(C)c1ccc(N=Cc2cn(-c3ccccc3)nc2-c2ccc3c(c2)OCCO3)cc1. The van der Waals surface area contributed by atoms with Crippen molar-refractivity contribution in [1.82, 2.24) is 9.78 Å². The van der Waals surface area contributed by atoms with Crippen LogP contribution in [-0.2, 0) is 0 Å². The summed E-state index contributed by atoms with van der Waals surface area (Å²) >= 11 is 0. The Morgan fingerprint density at radius 3 is 2.48 bits per heavy atom. The van der Waals surface area contributed by atoms with Crippen LogP contribution in [0.1, 0.15) is 37.3 Å². The molecule has 2 heterocycles. The Balaban J connectivity index is 1.52. The monoisotopic (exact) mass is 437 g/mol. The van der Waals surface area contributed by atoms with Crippen molar-refractivity contribution in [3.05, 3.63) is 90.1 Å². The van der Waals surface area contributed by atoms with E-state index in [-0.39, 0.29) is 0 Å². The van der Waals surface area contributed by atoms with Gasteiger partial charge in [0.05, 0.1) is 11.4 Å². The van der Waals surface area contributed by atoms with Crippen molar-refractivity contribution >= 4 is 11.9 Å². The number of aliphatic imine (C=N–C) groups is 1. The second kappa shape index (κ2) is 9.33. The molecular weight excluding hydrogens is 410 g/mol. The summed E-state index contributed by atoms with van der Waals surface area (Å²) in [5, 5.41) is 4.89. The Bertz CT molecular complexity index is 1260. The van der Waals surface area contributed by atoms with E-state index in [2.05, 4.69) is 38.1 Å². The maximum atomic E-state index is 5.79. The van der Waals surface area contributed by atoms with E-state index in [4.69, 9.17) is 19.6 Å². The van der Waals surface area contributed by atoms with Crippen molar-refractivity contribution in [1.29, 1.82) is 0 Å². The molecule has 1 aliphatic heterocycles. The average Bonchev–Trinajstić information content (AvgIpc) is 3.32. The van der Waals surface area contributed by atoms with Crippen LogP contribution in [0, 0.1) is 0 Å². The first kappa shape index (κ1) is 21.0. The fourth-order valence-electron chi connectivity index (χ4n) is 3.88. The van der Waals surface area contributed by atoms with Crippen LogP contribution in [0.25, 0.3) is 16.9 Å². The number of rotatable bonds is 6. The van der Waals surface area contributed by atoms with Gasteiger partial charge in [0.2, 0.25) is 0 Å². The van der Waals surface area contributed by atoms with Gasteiger partial charge in [-0.15, -0.1) is 0 Å². The molecule has 166 valence electrons. The first-order valence-electron chi connectivity index (χ1n) is 11.4. The number of hydrogen-bond acceptors (Lipinski definition) is 4. The highest BCUT2D eigenvalue weighted by atomic mass is 16.6. The van der Waals surface area contributed by atoms with E-state index in [0.29, 0.717) is 19.1 Å². The van der Waals surface area contributed by atoms with E-state index in [1.54, 1.807) is 0 Å². The Kier molecular flexibility index (Phi) is 5.94. The normalized spacial score (nSPS) is 13.9. The zero-order valence-electron chi connectivity index (χ0n) is 18.9. The van der Waals surface area contributed by atoms with E-state index in [0.717, 1.165) is 46.1 Å². The number of nitrogens with zero attached hydrogens (tertiary/aromatic N) is 3. The minimum Gasteiger partial charge on any atom is -0.486 e. The van der Waals surface area contributed by atoms with Crippen molar-refractivity contribution in [2.24, 2.45) is 4.99 Å². The molecule has 0 saturated carbocycles. The molecule has 0 radical (unpaired) electrons. The highest BCUT2D eigenvalue weighted by Gasteiger charge is 2.16. The fraction of sp³-hybridized carbons (Fsp3) is 0.214. The second-order valence-corrected chi connectivity index (χ2v) is 8.23. The molecule has 0 aliphatic carbocycles. The van der Waals surface area contributed by atoms with Gasteiger partial charge in [-0.05, 0) is 60.4 Å². The third-order valence-corrected chi connectivity index (χ3v) is 6.01. The van der Waals surface area contributed by atoms with Crippen LogP contribution in [-0.4, -0.2) is 29.2 Å². The topological polar surface area (TPSA) is 48.6 Å². The molecule has 4 aromatic rings. The van der Waals surface area contributed by atoms with E-state index in [1.165, 1.54) is 5.56 Å². The number of para-hydroxylation sites is 1. The molecule has 0 amide bonds. The molecule has 0 fully saturated rings. The molecule has 3 aromatic carbocycles. The first-order valence-corrected chi connectivity index (χ1v) is 11.4. The summed E-state index contributed by atoms with van der Waals surface area (Å²) < 4.78 is 13.4. The predicted octanol–water partition coefficient (Wildman–Crippen LogP) is 6.57. The van der Waals surface area contributed by atoms with Crippen LogP contribution >= 0.6 is 0 Å². The Labute approximate surface area is 194 Å². The lowest BCUT2D eigenvalue weighted by Crippen LogP contribution is -2.15. The van der Waals surface area contributed by atoms with Crippen molar-refractivity contribution in [3.63, 3.8) is 0 Å². The molecule has 0 spiro atoms. The molecule has 0 saturated heterocycles. The van der Waals surface area contributed by atoms with E-state index in [9.17, 15) is 0 Å². The molecule has 1 aromatic heterocycles. The van der Waals surface area contributed by atoms with Crippen LogP contribution in [0.4, 0.5) is 5.69 Å². The number of benzene rings is 3. The van der Waals surface area contributed by atoms with Crippen LogP contribution in [0.15, 0.2) is 84.0 Å². The molecule has 1 aliphatic rings. The molecule has 5 rings (SSSR count).